The first-order valence-electron chi connectivity index (χ1n) is 4.80. The Morgan fingerprint density at radius 1 is 1.18 bits per heavy atom. The zero-order valence-corrected chi connectivity index (χ0v) is 6.75. The van der Waals surface area contributed by atoms with Crippen molar-refractivity contribution in [1.82, 2.24) is 5.32 Å². The highest BCUT2D eigenvalue weighted by atomic mass is 16.5. The fraction of sp³-hybridized carbons (Fsp3) is 1.00. The Hall–Kier alpha value is -0.0800. The van der Waals surface area contributed by atoms with Crippen LogP contribution in [0.3, 0.4) is 0 Å². The van der Waals surface area contributed by atoms with Crippen molar-refractivity contribution in [2.24, 2.45) is 11.8 Å². The van der Waals surface area contributed by atoms with E-state index in [1.807, 2.05) is 0 Å². The van der Waals surface area contributed by atoms with Gasteiger partial charge < -0.3 is 10.1 Å². The summed E-state index contributed by atoms with van der Waals surface area (Å²) >= 11 is 0. The lowest BCUT2D eigenvalue weighted by Crippen LogP contribution is -2.51. The van der Waals surface area contributed by atoms with E-state index in [-0.39, 0.29) is 0 Å². The molecule has 0 aromatic heterocycles. The van der Waals surface area contributed by atoms with Crippen molar-refractivity contribution in [3.05, 3.63) is 0 Å². The number of hydrogen-bond acceptors (Lipinski definition) is 2. The molecule has 1 saturated heterocycles. The maximum Gasteiger partial charge on any atom is 0.0759 e. The first kappa shape index (κ1) is 6.44. The topological polar surface area (TPSA) is 21.3 Å². The van der Waals surface area contributed by atoms with Crippen LogP contribution in [-0.4, -0.2) is 25.3 Å². The molecular weight excluding hydrogens is 138 g/mol. The van der Waals surface area contributed by atoms with Gasteiger partial charge in [0.05, 0.1) is 12.7 Å². The molecule has 0 spiro atoms. The average Bonchev–Trinajstić information content (AvgIpc) is 2.64. The summed E-state index contributed by atoms with van der Waals surface area (Å²) in [4.78, 5) is 0. The number of ether oxygens (including phenoxy) is 1. The molecule has 2 aliphatic carbocycles. The molecule has 4 atom stereocenters. The minimum Gasteiger partial charge on any atom is -0.375 e. The molecule has 1 heterocycles. The molecule has 1 N–H and O–H groups in total. The van der Waals surface area contributed by atoms with Gasteiger partial charge in [-0.3, -0.25) is 0 Å². The summed E-state index contributed by atoms with van der Waals surface area (Å²) in [5.41, 5.74) is 0. The van der Waals surface area contributed by atoms with Gasteiger partial charge in [-0.15, -0.1) is 0 Å². The summed E-state index contributed by atoms with van der Waals surface area (Å²) in [6.07, 6.45) is 4.89. The molecule has 11 heavy (non-hydrogen) atoms. The van der Waals surface area contributed by atoms with Gasteiger partial charge in [0.15, 0.2) is 0 Å². The summed E-state index contributed by atoms with van der Waals surface area (Å²) in [6.45, 7) is 2.01. The predicted octanol–water partition coefficient (Wildman–Crippen LogP) is 0.773. The molecule has 0 aromatic rings. The first-order chi connectivity index (χ1) is 5.45. The molecule has 2 nitrogen and oxygen atoms in total. The fourth-order valence-electron chi connectivity index (χ4n) is 3.18. The third-order valence-electron chi connectivity index (χ3n) is 3.63. The van der Waals surface area contributed by atoms with Gasteiger partial charge in [-0.2, -0.15) is 0 Å². The molecular formula is C9H15NO. The van der Waals surface area contributed by atoms with E-state index in [4.69, 9.17) is 4.74 Å². The Morgan fingerprint density at radius 3 is 3.00 bits per heavy atom. The van der Waals surface area contributed by atoms with Crippen LogP contribution in [0.1, 0.15) is 19.3 Å². The lowest BCUT2D eigenvalue weighted by molar-refractivity contribution is -0.0316. The minimum atomic E-state index is 0.586. The van der Waals surface area contributed by atoms with Crippen LogP contribution in [0.15, 0.2) is 0 Å². The maximum absolute atomic E-state index is 5.77. The van der Waals surface area contributed by atoms with Crippen molar-refractivity contribution in [2.75, 3.05) is 13.2 Å². The molecule has 0 aromatic carbocycles. The Morgan fingerprint density at radius 2 is 2.09 bits per heavy atom. The van der Waals surface area contributed by atoms with E-state index in [9.17, 15) is 0 Å². The zero-order valence-electron chi connectivity index (χ0n) is 6.75. The molecule has 3 aliphatic rings. The van der Waals surface area contributed by atoms with E-state index >= 15 is 0 Å². The SMILES string of the molecule is C1CO[C@H]2[C@H]3CC[C@H](C3)[C@H]2N1. The Balaban J connectivity index is 1.84. The first-order valence-corrected chi connectivity index (χ1v) is 4.80. The average molecular weight is 153 g/mol. The van der Waals surface area contributed by atoms with Crippen molar-refractivity contribution < 1.29 is 4.74 Å². The summed E-state index contributed by atoms with van der Waals surface area (Å²) in [5.74, 6) is 1.85. The normalized spacial score (nSPS) is 54.5. The molecule has 3 fully saturated rings. The monoisotopic (exact) mass is 153 g/mol. The Kier molecular flexibility index (Phi) is 1.29. The molecule has 2 bridgehead atoms. The number of nitrogens with one attached hydrogen (secondary N) is 1. The number of fused-ring (bicyclic) bond motifs is 5. The van der Waals surface area contributed by atoms with Crippen LogP contribution in [0, 0.1) is 11.8 Å². The molecule has 0 unspecified atom stereocenters. The highest BCUT2D eigenvalue weighted by molar-refractivity contribution is 5.02. The highest BCUT2D eigenvalue weighted by Gasteiger charge is 2.49. The molecule has 62 valence electrons. The van der Waals surface area contributed by atoms with Gasteiger partial charge in [0.1, 0.15) is 0 Å². The highest BCUT2D eigenvalue weighted by Crippen LogP contribution is 2.46. The van der Waals surface area contributed by atoms with E-state index in [2.05, 4.69) is 5.32 Å². The van der Waals surface area contributed by atoms with E-state index < -0.39 is 0 Å². The third-order valence-corrected chi connectivity index (χ3v) is 3.63. The number of morpholine rings is 1. The van der Waals surface area contributed by atoms with Crippen molar-refractivity contribution in [3.63, 3.8) is 0 Å². The maximum atomic E-state index is 5.77. The van der Waals surface area contributed by atoms with Crippen LogP contribution in [-0.2, 0) is 4.74 Å². The number of rotatable bonds is 0. The van der Waals surface area contributed by atoms with Crippen LogP contribution < -0.4 is 5.32 Å². The summed E-state index contributed by atoms with van der Waals surface area (Å²) in [7, 11) is 0. The molecule has 3 rings (SSSR count). The lowest BCUT2D eigenvalue weighted by atomic mass is 9.92. The summed E-state index contributed by atoms with van der Waals surface area (Å²) in [6, 6.07) is 0.725. The zero-order chi connectivity index (χ0) is 7.26. The van der Waals surface area contributed by atoms with Crippen LogP contribution in [0.25, 0.3) is 0 Å². The lowest BCUT2D eigenvalue weighted by Gasteiger charge is -2.35. The van der Waals surface area contributed by atoms with Crippen LogP contribution in [0.5, 0.6) is 0 Å². The van der Waals surface area contributed by atoms with E-state index in [1.165, 1.54) is 19.3 Å². The quantitative estimate of drug-likeness (QED) is 0.555. The Labute approximate surface area is 67.3 Å². The smallest absolute Gasteiger partial charge is 0.0759 e. The van der Waals surface area contributed by atoms with E-state index in [0.717, 1.165) is 31.0 Å². The van der Waals surface area contributed by atoms with Gasteiger partial charge in [-0.1, -0.05) is 0 Å². The van der Waals surface area contributed by atoms with Gasteiger partial charge in [-0.25, -0.2) is 0 Å². The predicted molar refractivity (Wildman–Crippen MR) is 42.4 cm³/mol. The second-order valence-corrected chi connectivity index (χ2v) is 4.15. The second-order valence-electron chi connectivity index (χ2n) is 4.15. The van der Waals surface area contributed by atoms with Gasteiger partial charge in [0.2, 0.25) is 0 Å². The molecule has 0 radical (unpaired) electrons. The largest absolute Gasteiger partial charge is 0.375 e. The van der Waals surface area contributed by atoms with Gasteiger partial charge in [0, 0.05) is 12.6 Å². The Bertz CT molecular complexity index is 153. The number of hydrogen-bond donors (Lipinski definition) is 1. The minimum absolute atomic E-state index is 0.586. The van der Waals surface area contributed by atoms with Crippen LogP contribution in [0.4, 0.5) is 0 Å². The van der Waals surface area contributed by atoms with Crippen LogP contribution in [0.2, 0.25) is 0 Å². The standard InChI is InChI=1S/C9H15NO/c1-2-7-5-6(1)8-9(7)11-4-3-10-8/h6-10H,1-5H2/t6-,7+,8-,9+/m1/s1. The summed E-state index contributed by atoms with van der Waals surface area (Å²) in [5, 5.41) is 3.59. The van der Waals surface area contributed by atoms with Crippen molar-refractivity contribution in [3.8, 4) is 0 Å². The van der Waals surface area contributed by atoms with Crippen molar-refractivity contribution >= 4 is 0 Å². The summed E-state index contributed by atoms with van der Waals surface area (Å²) < 4.78 is 5.77. The van der Waals surface area contributed by atoms with Gasteiger partial charge in [0.25, 0.3) is 0 Å². The van der Waals surface area contributed by atoms with Crippen LogP contribution >= 0.6 is 0 Å². The van der Waals surface area contributed by atoms with Gasteiger partial charge in [-0.05, 0) is 31.1 Å². The fourth-order valence-corrected chi connectivity index (χ4v) is 3.18. The molecule has 1 aliphatic heterocycles. The third kappa shape index (κ3) is 0.798. The molecule has 0 amide bonds. The van der Waals surface area contributed by atoms with Crippen molar-refractivity contribution in [2.45, 2.75) is 31.4 Å². The second kappa shape index (κ2) is 2.20. The van der Waals surface area contributed by atoms with Gasteiger partial charge >= 0.3 is 0 Å². The molecule has 2 saturated carbocycles. The van der Waals surface area contributed by atoms with Crippen molar-refractivity contribution in [1.29, 1.82) is 0 Å². The van der Waals surface area contributed by atoms with E-state index in [0.29, 0.717) is 6.10 Å². The van der Waals surface area contributed by atoms with E-state index in [1.54, 1.807) is 0 Å². The molecule has 2 heteroatoms.